The van der Waals surface area contributed by atoms with Crippen LogP contribution in [0.2, 0.25) is 0 Å². The average molecular weight is 314 g/mol. The van der Waals surface area contributed by atoms with E-state index in [-0.39, 0.29) is 11.6 Å². The summed E-state index contributed by atoms with van der Waals surface area (Å²) in [5, 5.41) is 2.78. The molecule has 0 atom stereocenters. The van der Waals surface area contributed by atoms with Gasteiger partial charge in [0.25, 0.3) is 5.91 Å². The summed E-state index contributed by atoms with van der Waals surface area (Å²) in [6, 6.07) is 7.15. The lowest BCUT2D eigenvalue weighted by Gasteiger charge is -2.27. The molecular weight excluding hydrogens is 296 g/mol. The van der Waals surface area contributed by atoms with Gasteiger partial charge in [0, 0.05) is 24.8 Å². The molecule has 1 aliphatic heterocycles. The number of nitrogens with zero attached hydrogens (tertiary/aromatic N) is 3. The SMILES string of the molecule is COc1cccc(NC(=O)c2cnc(N3CCOCC3)cn2)c1. The van der Waals surface area contributed by atoms with Gasteiger partial charge in [-0.15, -0.1) is 0 Å². The second kappa shape index (κ2) is 7.06. The van der Waals surface area contributed by atoms with Crippen LogP contribution >= 0.6 is 0 Å². The van der Waals surface area contributed by atoms with E-state index in [4.69, 9.17) is 9.47 Å². The Hall–Kier alpha value is -2.67. The van der Waals surface area contributed by atoms with Gasteiger partial charge in [0.1, 0.15) is 17.3 Å². The minimum absolute atomic E-state index is 0.268. The molecule has 0 unspecified atom stereocenters. The van der Waals surface area contributed by atoms with Crippen LogP contribution in [0.25, 0.3) is 0 Å². The topological polar surface area (TPSA) is 76.6 Å². The summed E-state index contributed by atoms with van der Waals surface area (Å²) in [5.74, 6) is 1.13. The van der Waals surface area contributed by atoms with E-state index in [0.717, 1.165) is 18.9 Å². The maximum atomic E-state index is 12.2. The molecule has 1 N–H and O–H groups in total. The molecule has 1 fully saturated rings. The lowest BCUT2D eigenvalue weighted by Crippen LogP contribution is -2.36. The molecule has 1 aromatic heterocycles. The quantitative estimate of drug-likeness (QED) is 0.923. The summed E-state index contributed by atoms with van der Waals surface area (Å²) in [4.78, 5) is 22.8. The molecule has 2 heterocycles. The Kier molecular flexibility index (Phi) is 4.68. The maximum absolute atomic E-state index is 12.2. The zero-order chi connectivity index (χ0) is 16.1. The van der Waals surface area contributed by atoms with Gasteiger partial charge in [-0.3, -0.25) is 4.79 Å². The number of carbonyl (C=O) groups is 1. The molecule has 7 nitrogen and oxygen atoms in total. The van der Waals surface area contributed by atoms with Gasteiger partial charge in [-0.2, -0.15) is 0 Å². The van der Waals surface area contributed by atoms with Gasteiger partial charge in [0.05, 0.1) is 32.7 Å². The standard InChI is InChI=1S/C16H18N4O3/c1-22-13-4-2-3-12(9-13)19-16(21)14-10-18-15(11-17-14)20-5-7-23-8-6-20/h2-4,9-11H,5-8H2,1H3,(H,19,21). The van der Waals surface area contributed by atoms with Crippen molar-refractivity contribution in [2.75, 3.05) is 43.6 Å². The third kappa shape index (κ3) is 3.75. The Morgan fingerprint density at radius 3 is 2.78 bits per heavy atom. The predicted molar refractivity (Wildman–Crippen MR) is 86.0 cm³/mol. The number of ether oxygens (including phenoxy) is 2. The average Bonchev–Trinajstić information content (AvgIpc) is 2.63. The van der Waals surface area contributed by atoms with Crippen LogP contribution in [0, 0.1) is 0 Å². The van der Waals surface area contributed by atoms with Gasteiger partial charge in [-0.1, -0.05) is 6.07 Å². The molecule has 7 heteroatoms. The van der Waals surface area contributed by atoms with Gasteiger partial charge in [-0.25, -0.2) is 9.97 Å². The van der Waals surface area contributed by atoms with E-state index in [1.807, 2.05) is 12.1 Å². The van der Waals surface area contributed by atoms with E-state index in [1.165, 1.54) is 6.20 Å². The summed E-state index contributed by atoms with van der Waals surface area (Å²) in [7, 11) is 1.58. The number of hydrogen-bond donors (Lipinski definition) is 1. The number of rotatable bonds is 4. The van der Waals surface area contributed by atoms with Gasteiger partial charge in [0.2, 0.25) is 0 Å². The molecule has 1 amide bonds. The van der Waals surface area contributed by atoms with E-state index < -0.39 is 0 Å². The van der Waals surface area contributed by atoms with Crippen LogP contribution in [0.3, 0.4) is 0 Å². The van der Waals surface area contributed by atoms with Crippen LogP contribution in [0.15, 0.2) is 36.7 Å². The second-order valence-corrected chi connectivity index (χ2v) is 5.05. The summed E-state index contributed by atoms with van der Waals surface area (Å²) >= 11 is 0. The largest absolute Gasteiger partial charge is 0.497 e. The first-order valence-electron chi connectivity index (χ1n) is 7.36. The fourth-order valence-electron chi connectivity index (χ4n) is 2.29. The third-order valence-electron chi connectivity index (χ3n) is 3.53. The smallest absolute Gasteiger partial charge is 0.275 e. The Labute approximate surface area is 134 Å². The third-order valence-corrected chi connectivity index (χ3v) is 3.53. The Morgan fingerprint density at radius 2 is 2.09 bits per heavy atom. The van der Waals surface area contributed by atoms with Gasteiger partial charge >= 0.3 is 0 Å². The Bertz CT molecular complexity index is 669. The van der Waals surface area contributed by atoms with Crippen molar-refractivity contribution in [3.8, 4) is 5.75 Å². The van der Waals surface area contributed by atoms with Gasteiger partial charge < -0.3 is 19.7 Å². The first-order valence-corrected chi connectivity index (χ1v) is 7.36. The normalized spacial score (nSPS) is 14.4. The van der Waals surface area contributed by atoms with Crippen molar-refractivity contribution in [1.82, 2.24) is 9.97 Å². The molecule has 120 valence electrons. The number of hydrogen-bond acceptors (Lipinski definition) is 6. The molecule has 0 spiro atoms. The minimum atomic E-state index is -0.306. The molecule has 0 aliphatic carbocycles. The zero-order valence-corrected chi connectivity index (χ0v) is 12.9. The van der Waals surface area contributed by atoms with Crippen LogP contribution in [-0.2, 0) is 4.74 Å². The Balaban J connectivity index is 1.67. The molecule has 1 aromatic carbocycles. The highest BCUT2D eigenvalue weighted by atomic mass is 16.5. The van der Waals surface area contributed by atoms with Crippen LogP contribution in [0.5, 0.6) is 5.75 Å². The highest BCUT2D eigenvalue weighted by Gasteiger charge is 2.14. The number of methoxy groups -OCH3 is 1. The number of morpholine rings is 1. The molecule has 2 aromatic rings. The number of amides is 1. The van der Waals surface area contributed by atoms with Crippen molar-refractivity contribution < 1.29 is 14.3 Å². The molecule has 0 bridgehead atoms. The van der Waals surface area contributed by atoms with E-state index in [2.05, 4.69) is 20.2 Å². The first kappa shape index (κ1) is 15.2. The van der Waals surface area contributed by atoms with Crippen LogP contribution < -0.4 is 15.0 Å². The molecule has 1 saturated heterocycles. The minimum Gasteiger partial charge on any atom is -0.497 e. The summed E-state index contributed by atoms with van der Waals surface area (Å²) in [6.07, 6.45) is 3.10. The first-order chi connectivity index (χ1) is 11.3. The maximum Gasteiger partial charge on any atom is 0.275 e. The van der Waals surface area contributed by atoms with Crippen molar-refractivity contribution in [3.05, 3.63) is 42.4 Å². The number of aromatic nitrogens is 2. The number of anilines is 2. The lowest BCUT2D eigenvalue weighted by molar-refractivity contribution is 0.102. The monoisotopic (exact) mass is 314 g/mol. The van der Waals surface area contributed by atoms with E-state index in [9.17, 15) is 4.79 Å². The van der Waals surface area contributed by atoms with Crippen molar-refractivity contribution in [2.24, 2.45) is 0 Å². The molecule has 23 heavy (non-hydrogen) atoms. The van der Waals surface area contributed by atoms with Crippen LogP contribution in [-0.4, -0.2) is 49.3 Å². The highest BCUT2D eigenvalue weighted by molar-refractivity contribution is 6.02. The summed E-state index contributed by atoms with van der Waals surface area (Å²) in [5.41, 5.74) is 0.915. The van der Waals surface area contributed by atoms with E-state index in [0.29, 0.717) is 24.7 Å². The van der Waals surface area contributed by atoms with Gasteiger partial charge in [0.15, 0.2) is 0 Å². The molecular formula is C16H18N4O3. The molecule has 1 aliphatic rings. The predicted octanol–water partition coefficient (Wildman–Crippen LogP) is 1.57. The van der Waals surface area contributed by atoms with E-state index >= 15 is 0 Å². The summed E-state index contributed by atoms with van der Waals surface area (Å²) < 4.78 is 10.4. The second-order valence-electron chi connectivity index (χ2n) is 5.05. The van der Waals surface area contributed by atoms with E-state index in [1.54, 1.807) is 25.4 Å². The number of carbonyl (C=O) groups excluding carboxylic acids is 1. The Morgan fingerprint density at radius 1 is 1.26 bits per heavy atom. The van der Waals surface area contributed by atoms with Crippen LogP contribution in [0.1, 0.15) is 10.5 Å². The van der Waals surface area contributed by atoms with Crippen molar-refractivity contribution in [2.45, 2.75) is 0 Å². The summed E-state index contributed by atoms with van der Waals surface area (Å²) in [6.45, 7) is 2.92. The highest BCUT2D eigenvalue weighted by Crippen LogP contribution is 2.17. The molecule has 0 saturated carbocycles. The lowest BCUT2D eigenvalue weighted by atomic mass is 10.3. The fraction of sp³-hybridized carbons (Fsp3) is 0.312. The van der Waals surface area contributed by atoms with Crippen molar-refractivity contribution in [1.29, 1.82) is 0 Å². The molecule has 0 radical (unpaired) electrons. The number of benzene rings is 1. The fourth-order valence-corrected chi connectivity index (χ4v) is 2.29. The zero-order valence-electron chi connectivity index (χ0n) is 12.9. The number of nitrogens with one attached hydrogen (secondary N) is 1. The van der Waals surface area contributed by atoms with Gasteiger partial charge in [-0.05, 0) is 12.1 Å². The van der Waals surface area contributed by atoms with Crippen molar-refractivity contribution in [3.63, 3.8) is 0 Å². The van der Waals surface area contributed by atoms with Crippen molar-refractivity contribution >= 4 is 17.4 Å². The molecule has 3 rings (SSSR count). The van der Waals surface area contributed by atoms with Crippen LogP contribution in [0.4, 0.5) is 11.5 Å².